The molecule has 0 atom stereocenters. The van der Waals surface area contributed by atoms with Gasteiger partial charge < -0.3 is 5.32 Å². The van der Waals surface area contributed by atoms with Gasteiger partial charge in [-0.15, -0.1) is 11.3 Å². The van der Waals surface area contributed by atoms with Gasteiger partial charge in [-0.1, -0.05) is 0 Å². The van der Waals surface area contributed by atoms with Gasteiger partial charge in [-0.2, -0.15) is 0 Å². The minimum absolute atomic E-state index is 0.276. The van der Waals surface area contributed by atoms with Crippen molar-refractivity contribution in [2.24, 2.45) is 0 Å². The number of halogens is 4. The molecule has 0 radical (unpaired) electrons. The summed E-state index contributed by atoms with van der Waals surface area (Å²) in [6.45, 7) is 0.858. The molecule has 0 spiro atoms. The summed E-state index contributed by atoms with van der Waals surface area (Å²) in [6, 6.07) is 3.92. The highest BCUT2D eigenvalue weighted by atomic mass is 79.9. The van der Waals surface area contributed by atoms with E-state index in [0.29, 0.717) is 12.1 Å². The predicted molar refractivity (Wildman–Crippen MR) is 68.9 cm³/mol. The molecule has 1 aromatic heterocycles. The topological polar surface area (TPSA) is 12.0 Å². The van der Waals surface area contributed by atoms with Gasteiger partial charge in [0.25, 0.3) is 0 Å². The van der Waals surface area contributed by atoms with Gasteiger partial charge in [-0.05, 0) is 45.1 Å². The molecule has 0 unspecified atom stereocenters. The molecular formula is C12H9BrF3NS. The van der Waals surface area contributed by atoms with Crippen LogP contribution in [0.2, 0.25) is 0 Å². The van der Waals surface area contributed by atoms with Crippen LogP contribution >= 0.6 is 27.3 Å². The van der Waals surface area contributed by atoms with Crippen molar-refractivity contribution in [3.8, 4) is 0 Å². The van der Waals surface area contributed by atoms with Gasteiger partial charge in [0, 0.05) is 22.4 Å². The van der Waals surface area contributed by atoms with Gasteiger partial charge in [0.05, 0.1) is 0 Å². The Labute approximate surface area is 115 Å². The first-order chi connectivity index (χ1) is 8.58. The van der Waals surface area contributed by atoms with E-state index >= 15 is 0 Å². The molecule has 2 aromatic rings. The highest BCUT2D eigenvalue weighted by molar-refractivity contribution is 9.10. The third kappa shape index (κ3) is 3.13. The zero-order valence-corrected chi connectivity index (χ0v) is 11.5. The Morgan fingerprint density at radius 2 is 1.78 bits per heavy atom. The van der Waals surface area contributed by atoms with E-state index in [1.165, 1.54) is 0 Å². The standard InChI is InChI=1S/C12H9BrF3NS/c13-8-1-2-18-11(8)6-17-5-7-3-9(14)12(16)10(15)4-7/h1-4,17H,5-6H2. The van der Waals surface area contributed by atoms with Gasteiger partial charge in [-0.3, -0.25) is 0 Å². The van der Waals surface area contributed by atoms with Crippen LogP contribution < -0.4 is 5.32 Å². The van der Waals surface area contributed by atoms with Crippen LogP contribution in [0.3, 0.4) is 0 Å². The fourth-order valence-electron chi connectivity index (χ4n) is 1.48. The van der Waals surface area contributed by atoms with Crippen molar-refractivity contribution >= 4 is 27.3 Å². The smallest absolute Gasteiger partial charge is 0.194 e. The first-order valence-electron chi connectivity index (χ1n) is 5.14. The molecule has 1 aromatic carbocycles. The van der Waals surface area contributed by atoms with Gasteiger partial charge in [-0.25, -0.2) is 13.2 Å². The fourth-order valence-corrected chi connectivity index (χ4v) is 2.94. The summed E-state index contributed by atoms with van der Waals surface area (Å²) in [5, 5.41) is 4.99. The molecule has 0 fully saturated rings. The molecule has 0 saturated heterocycles. The van der Waals surface area contributed by atoms with Gasteiger partial charge >= 0.3 is 0 Å². The average Bonchev–Trinajstić information content (AvgIpc) is 2.72. The molecule has 0 aliphatic rings. The van der Waals surface area contributed by atoms with E-state index in [1.807, 2.05) is 11.4 Å². The Morgan fingerprint density at radius 3 is 2.33 bits per heavy atom. The van der Waals surface area contributed by atoms with Crippen LogP contribution in [0.1, 0.15) is 10.4 Å². The quantitative estimate of drug-likeness (QED) is 0.825. The lowest BCUT2D eigenvalue weighted by atomic mass is 10.2. The van der Waals surface area contributed by atoms with Crippen molar-refractivity contribution in [1.82, 2.24) is 5.32 Å². The summed E-state index contributed by atoms with van der Waals surface area (Å²) in [5.41, 5.74) is 0.374. The van der Waals surface area contributed by atoms with Crippen molar-refractivity contribution in [2.75, 3.05) is 0 Å². The number of rotatable bonds is 4. The highest BCUT2D eigenvalue weighted by Crippen LogP contribution is 2.22. The van der Waals surface area contributed by atoms with Gasteiger partial charge in [0.15, 0.2) is 17.5 Å². The first kappa shape index (κ1) is 13.6. The summed E-state index contributed by atoms with van der Waals surface area (Å²) in [7, 11) is 0. The molecule has 96 valence electrons. The van der Waals surface area contributed by atoms with Crippen LogP contribution in [0, 0.1) is 17.5 Å². The third-order valence-corrected chi connectivity index (χ3v) is 4.28. The minimum atomic E-state index is -1.43. The number of benzene rings is 1. The van der Waals surface area contributed by atoms with E-state index in [4.69, 9.17) is 0 Å². The predicted octanol–water partition coefficient (Wildman–Crippen LogP) is 4.22. The Balaban J connectivity index is 1.97. The molecule has 0 aliphatic heterocycles. The molecule has 1 heterocycles. The monoisotopic (exact) mass is 335 g/mol. The SMILES string of the molecule is Fc1cc(CNCc2sccc2Br)cc(F)c1F. The summed E-state index contributed by atoms with van der Waals surface area (Å²) in [5.74, 6) is -3.76. The molecular weight excluding hydrogens is 327 g/mol. The molecule has 2 rings (SSSR count). The Morgan fingerprint density at radius 1 is 1.11 bits per heavy atom. The zero-order valence-electron chi connectivity index (χ0n) is 9.14. The van der Waals surface area contributed by atoms with E-state index in [-0.39, 0.29) is 6.54 Å². The second-order valence-electron chi connectivity index (χ2n) is 3.67. The lowest BCUT2D eigenvalue weighted by Gasteiger charge is -2.05. The van der Waals surface area contributed by atoms with E-state index < -0.39 is 17.5 Å². The lowest BCUT2D eigenvalue weighted by molar-refractivity contribution is 0.444. The molecule has 1 nitrogen and oxygen atoms in total. The number of hydrogen-bond acceptors (Lipinski definition) is 2. The maximum absolute atomic E-state index is 13.0. The first-order valence-corrected chi connectivity index (χ1v) is 6.81. The second-order valence-corrected chi connectivity index (χ2v) is 5.52. The summed E-state index contributed by atoms with van der Waals surface area (Å²) < 4.78 is 39.6. The van der Waals surface area contributed by atoms with Gasteiger partial charge in [0.2, 0.25) is 0 Å². The number of thiophene rings is 1. The molecule has 1 N–H and O–H groups in total. The average molecular weight is 336 g/mol. The lowest BCUT2D eigenvalue weighted by Crippen LogP contribution is -2.12. The molecule has 18 heavy (non-hydrogen) atoms. The van der Waals surface area contributed by atoms with Crippen LogP contribution in [0.5, 0.6) is 0 Å². The Hall–Kier alpha value is -0.850. The van der Waals surface area contributed by atoms with Crippen LogP contribution in [0.15, 0.2) is 28.1 Å². The van der Waals surface area contributed by atoms with Gasteiger partial charge in [0.1, 0.15) is 0 Å². The van der Waals surface area contributed by atoms with E-state index in [0.717, 1.165) is 21.5 Å². The highest BCUT2D eigenvalue weighted by Gasteiger charge is 2.10. The number of nitrogens with one attached hydrogen (secondary N) is 1. The maximum atomic E-state index is 13.0. The maximum Gasteiger partial charge on any atom is 0.194 e. The van der Waals surface area contributed by atoms with Crippen molar-refractivity contribution in [2.45, 2.75) is 13.1 Å². The van der Waals surface area contributed by atoms with Crippen LogP contribution in [-0.4, -0.2) is 0 Å². The van der Waals surface area contributed by atoms with Crippen molar-refractivity contribution < 1.29 is 13.2 Å². The normalized spacial score (nSPS) is 10.9. The van der Waals surface area contributed by atoms with Crippen molar-refractivity contribution in [1.29, 1.82) is 0 Å². The number of hydrogen-bond donors (Lipinski definition) is 1. The van der Waals surface area contributed by atoms with E-state index in [9.17, 15) is 13.2 Å². The van der Waals surface area contributed by atoms with Crippen LogP contribution in [-0.2, 0) is 13.1 Å². The third-order valence-electron chi connectivity index (χ3n) is 2.35. The summed E-state index contributed by atoms with van der Waals surface area (Å²) >= 11 is 4.96. The minimum Gasteiger partial charge on any atom is -0.308 e. The van der Waals surface area contributed by atoms with Crippen molar-refractivity contribution in [3.63, 3.8) is 0 Å². The molecule has 0 bridgehead atoms. The summed E-state index contributed by atoms with van der Waals surface area (Å²) in [6.07, 6.45) is 0. The van der Waals surface area contributed by atoms with E-state index in [1.54, 1.807) is 11.3 Å². The fraction of sp³-hybridized carbons (Fsp3) is 0.167. The molecule has 0 amide bonds. The molecule has 6 heteroatoms. The van der Waals surface area contributed by atoms with E-state index in [2.05, 4.69) is 21.2 Å². The van der Waals surface area contributed by atoms with Crippen molar-refractivity contribution in [3.05, 3.63) is 55.9 Å². The Kier molecular flexibility index (Phi) is 4.42. The molecule has 0 saturated carbocycles. The molecule has 0 aliphatic carbocycles. The second kappa shape index (κ2) is 5.86. The Bertz CT molecular complexity index is 533. The van der Waals surface area contributed by atoms with Crippen LogP contribution in [0.4, 0.5) is 13.2 Å². The zero-order chi connectivity index (χ0) is 13.1. The largest absolute Gasteiger partial charge is 0.308 e. The van der Waals surface area contributed by atoms with Crippen LogP contribution in [0.25, 0.3) is 0 Å². The summed E-state index contributed by atoms with van der Waals surface area (Å²) in [4.78, 5) is 1.10.